The third-order valence-electron chi connectivity index (χ3n) is 4.72. The van der Waals surface area contributed by atoms with Crippen molar-refractivity contribution in [3.63, 3.8) is 0 Å². The molecule has 0 aliphatic carbocycles. The van der Waals surface area contributed by atoms with Gasteiger partial charge in [0.05, 0.1) is 6.54 Å². The summed E-state index contributed by atoms with van der Waals surface area (Å²) in [4.78, 5) is 26.4. The van der Waals surface area contributed by atoms with Crippen LogP contribution >= 0.6 is 11.6 Å². The largest absolute Gasteiger partial charge is 0.492 e. The van der Waals surface area contributed by atoms with Crippen LogP contribution in [-0.4, -0.2) is 42.3 Å². The fourth-order valence-corrected chi connectivity index (χ4v) is 3.52. The first-order valence-electron chi connectivity index (χ1n) is 8.86. The molecule has 2 aromatic carbocycles. The summed E-state index contributed by atoms with van der Waals surface area (Å²) < 4.78 is 16.3. The summed E-state index contributed by atoms with van der Waals surface area (Å²) >= 11 is 5.92. The molecule has 2 heterocycles. The van der Waals surface area contributed by atoms with Gasteiger partial charge in [-0.2, -0.15) is 0 Å². The Kier molecular flexibility index (Phi) is 4.77. The maximum atomic E-state index is 12.9. The molecule has 2 aromatic rings. The Labute approximate surface area is 167 Å². The standard InChI is InChI=1S/C20H19ClN2O5/c1-20(11-13-5-6-16-17(9-13)28-12-27-16)18(24)23(19(25)22-20)7-8-26-15-4-2-3-14(21)10-15/h2-6,9-10H,7-8,11-12H2,1H3,(H,22,25). The van der Waals surface area contributed by atoms with Crippen molar-refractivity contribution in [2.45, 2.75) is 18.9 Å². The van der Waals surface area contributed by atoms with Gasteiger partial charge in [0.1, 0.15) is 17.9 Å². The summed E-state index contributed by atoms with van der Waals surface area (Å²) in [5.74, 6) is 1.62. The molecule has 2 aliphatic rings. The van der Waals surface area contributed by atoms with E-state index in [1.165, 1.54) is 4.90 Å². The number of hydrogen-bond acceptors (Lipinski definition) is 5. The van der Waals surface area contributed by atoms with Crippen molar-refractivity contribution in [3.05, 3.63) is 53.1 Å². The van der Waals surface area contributed by atoms with Gasteiger partial charge in [0.2, 0.25) is 6.79 Å². The minimum Gasteiger partial charge on any atom is -0.492 e. The number of nitrogens with one attached hydrogen (secondary N) is 1. The molecule has 0 aromatic heterocycles. The predicted octanol–water partition coefficient (Wildman–Crippen LogP) is 3.00. The molecule has 2 aliphatic heterocycles. The van der Waals surface area contributed by atoms with Crippen molar-refractivity contribution >= 4 is 23.5 Å². The Morgan fingerprint density at radius 3 is 2.82 bits per heavy atom. The maximum Gasteiger partial charge on any atom is 0.325 e. The van der Waals surface area contributed by atoms with E-state index in [9.17, 15) is 9.59 Å². The first-order chi connectivity index (χ1) is 13.4. The molecular weight excluding hydrogens is 384 g/mol. The van der Waals surface area contributed by atoms with Crippen LogP contribution in [0.5, 0.6) is 17.2 Å². The van der Waals surface area contributed by atoms with Gasteiger partial charge in [-0.1, -0.05) is 23.7 Å². The van der Waals surface area contributed by atoms with Crippen molar-refractivity contribution in [2.24, 2.45) is 0 Å². The van der Waals surface area contributed by atoms with Gasteiger partial charge in [0.15, 0.2) is 11.5 Å². The number of carbonyl (C=O) groups is 2. The molecule has 1 saturated heterocycles. The Hall–Kier alpha value is -2.93. The summed E-state index contributed by atoms with van der Waals surface area (Å²) in [6.45, 7) is 2.23. The smallest absolute Gasteiger partial charge is 0.325 e. The highest BCUT2D eigenvalue weighted by Crippen LogP contribution is 2.34. The molecular formula is C20H19ClN2O5. The van der Waals surface area contributed by atoms with Crippen LogP contribution < -0.4 is 19.5 Å². The van der Waals surface area contributed by atoms with Crippen LogP contribution in [0.25, 0.3) is 0 Å². The Balaban J connectivity index is 1.39. The monoisotopic (exact) mass is 402 g/mol. The summed E-state index contributed by atoms with van der Waals surface area (Å²) in [6, 6.07) is 12.0. The third-order valence-corrected chi connectivity index (χ3v) is 4.95. The lowest BCUT2D eigenvalue weighted by Crippen LogP contribution is -2.46. The van der Waals surface area contributed by atoms with Gasteiger partial charge in [0.25, 0.3) is 5.91 Å². The number of carbonyl (C=O) groups excluding carboxylic acids is 2. The first kappa shape index (κ1) is 18.4. The van der Waals surface area contributed by atoms with Crippen molar-refractivity contribution in [3.8, 4) is 17.2 Å². The summed E-state index contributed by atoms with van der Waals surface area (Å²) in [7, 11) is 0. The quantitative estimate of drug-likeness (QED) is 0.751. The fraction of sp³-hybridized carbons (Fsp3) is 0.300. The van der Waals surface area contributed by atoms with Crippen molar-refractivity contribution in [2.75, 3.05) is 19.9 Å². The zero-order valence-electron chi connectivity index (χ0n) is 15.2. The van der Waals surface area contributed by atoms with Crippen LogP contribution in [0, 0.1) is 0 Å². The van der Waals surface area contributed by atoms with Crippen LogP contribution in [0.15, 0.2) is 42.5 Å². The number of benzene rings is 2. The van der Waals surface area contributed by atoms with Gasteiger partial charge in [-0.05, 0) is 42.8 Å². The lowest BCUT2D eigenvalue weighted by molar-refractivity contribution is -0.131. The number of imide groups is 1. The molecule has 0 bridgehead atoms. The van der Waals surface area contributed by atoms with Crippen molar-refractivity contribution < 1.29 is 23.8 Å². The van der Waals surface area contributed by atoms with Gasteiger partial charge < -0.3 is 19.5 Å². The predicted molar refractivity (Wildman–Crippen MR) is 102 cm³/mol. The zero-order chi connectivity index (χ0) is 19.7. The molecule has 1 unspecified atom stereocenters. The molecule has 1 atom stereocenters. The molecule has 1 N–H and O–H groups in total. The molecule has 3 amide bonds. The number of rotatable bonds is 6. The topological polar surface area (TPSA) is 77.1 Å². The Morgan fingerprint density at radius 2 is 2.00 bits per heavy atom. The summed E-state index contributed by atoms with van der Waals surface area (Å²) in [5, 5.41) is 3.35. The number of nitrogens with zero attached hydrogens (tertiary/aromatic N) is 1. The van der Waals surface area contributed by atoms with E-state index < -0.39 is 11.6 Å². The number of halogens is 1. The molecule has 0 radical (unpaired) electrons. The average molecular weight is 403 g/mol. The number of urea groups is 1. The van der Waals surface area contributed by atoms with E-state index in [-0.39, 0.29) is 25.9 Å². The first-order valence-corrected chi connectivity index (χ1v) is 9.23. The lowest BCUT2D eigenvalue weighted by Gasteiger charge is -2.22. The highest BCUT2D eigenvalue weighted by Gasteiger charge is 2.47. The third kappa shape index (κ3) is 3.57. The number of amides is 3. The molecule has 7 nitrogen and oxygen atoms in total. The minimum absolute atomic E-state index is 0.147. The second kappa shape index (κ2) is 7.24. The minimum atomic E-state index is -1.03. The van der Waals surface area contributed by atoms with E-state index in [2.05, 4.69) is 5.32 Å². The SMILES string of the molecule is CC1(Cc2ccc3c(c2)OCO3)NC(=O)N(CCOc2cccc(Cl)c2)C1=O. The zero-order valence-corrected chi connectivity index (χ0v) is 16.0. The van der Waals surface area contributed by atoms with E-state index in [0.717, 1.165) is 5.56 Å². The molecule has 0 saturated carbocycles. The summed E-state index contributed by atoms with van der Waals surface area (Å²) in [5.41, 5.74) is -0.154. The highest BCUT2D eigenvalue weighted by atomic mass is 35.5. The maximum absolute atomic E-state index is 12.9. The van der Waals surface area contributed by atoms with Gasteiger partial charge in [-0.25, -0.2) is 4.79 Å². The number of ether oxygens (including phenoxy) is 3. The van der Waals surface area contributed by atoms with Gasteiger partial charge >= 0.3 is 6.03 Å². The van der Waals surface area contributed by atoms with E-state index in [1.807, 2.05) is 12.1 Å². The lowest BCUT2D eigenvalue weighted by atomic mass is 9.92. The molecule has 146 valence electrons. The van der Waals surface area contributed by atoms with Crippen LogP contribution in [0.1, 0.15) is 12.5 Å². The number of fused-ring (bicyclic) bond motifs is 1. The van der Waals surface area contributed by atoms with E-state index in [1.54, 1.807) is 37.3 Å². The van der Waals surface area contributed by atoms with Gasteiger partial charge in [-0.3, -0.25) is 9.69 Å². The second-order valence-electron chi connectivity index (χ2n) is 6.89. The molecule has 1 fully saturated rings. The van der Waals surface area contributed by atoms with Crippen LogP contribution in [-0.2, 0) is 11.2 Å². The van der Waals surface area contributed by atoms with Crippen LogP contribution in [0.2, 0.25) is 5.02 Å². The Morgan fingerprint density at radius 1 is 1.18 bits per heavy atom. The molecule has 0 spiro atoms. The molecule has 28 heavy (non-hydrogen) atoms. The molecule has 8 heteroatoms. The van der Waals surface area contributed by atoms with Gasteiger partial charge in [-0.15, -0.1) is 0 Å². The second-order valence-corrected chi connectivity index (χ2v) is 7.33. The average Bonchev–Trinajstić information content (AvgIpc) is 3.19. The fourth-order valence-electron chi connectivity index (χ4n) is 3.34. The van der Waals surface area contributed by atoms with E-state index >= 15 is 0 Å². The molecule has 4 rings (SSSR count). The van der Waals surface area contributed by atoms with Gasteiger partial charge in [0, 0.05) is 11.4 Å². The van der Waals surface area contributed by atoms with E-state index in [4.69, 9.17) is 25.8 Å². The van der Waals surface area contributed by atoms with Crippen LogP contribution in [0.4, 0.5) is 4.79 Å². The van der Waals surface area contributed by atoms with Crippen LogP contribution in [0.3, 0.4) is 0 Å². The normalized spacial score (nSPS) is 20.4. The summed E-state index contributed by atoms with van der Waals surface area (Å²) in [6.07, 6.45) is 0.347. The van der Waals surface area contributed by atoms with Crippen molar-refractivity contribution in [1.82, 2.24) is 10.2 Å². The Bertz CT molecular complexity index is 935. The highest BCUT2D eigenvalue weighted by molar-refractivity contribution is 6.30. The van der Waals surface area contributed by atoms with E-state index in [0.29, 0.717) is 28.7 Å². The number of hydrogen-bond donors (Lipinski definition) is 1. The van der Waals surface area contributed by atoms with Crippen molar-refractivity contribution in [1.29, 1.82) is 0 Å².